The van der Waals surface area contributed by atoms with Crippen LogP contribution in [0, 0.1) is 11.6 Å². The summed E-state index contributed by atoms with van der Waals surface area (Å²) in [6.07, 6.45) is 4.31. The van der Waals surface area contributed by atoms with Gasteiger partial charge in [-0.3, -0.25) is 4.99 Å². The molecule has 1 unspecified atom stereocenters. The zero-order chi connectivity index (χ0) is 20.4. The Balaban J connectivity index is 1.69. The van der Waals surface area contributed by atoms with E-state index >= 15 is 0 Å². The number of thiazole rings is 1. The molecule has 0 spiro atoms. The summed E-state index contributed by atoms with van der Waals surface area (Å²) in [6.45, 7) is 0.788. The van der Waals surface area contributed by atoms with E-state index in [0.717, 1.165) is 34.2 Å². The molecule has 0 saturated heterocycles. The highest BCUT2D eigenvalue weighted by molar-refractivity contribution is 7.09. The summed E-state index contributed by atoms with van der Waals surface area (Å²) in [4.78, 5) is 11.4. The molecular weight excluding hydrogens is 388 g/mol. The van der Waals surface area contributed by atoms with E-state index in [2.05, 4.69) is 9.88 Å². The molecule has 3 nitrogen and oxygen atoms in total. The summed E-state index contributed by atoms with van der Waals surface area (Å²) in [5.41, 5.74) is 3.68. The minimum Gasteiger partial charge on any atom is -0.303 e. The zero-order valence-corrected chi connectivity index (χ0v) is 17.1. The number of hydrogen-bond donors (Lipinski definition) is 0. The van der Waals surface area contributed by atoms with E-state index < -0.39 is 0 Å². The smallest absolute Gasteiger partial charge is 0.127 e. The summed E-state index contributed by atoms with van der Waals surface area (Å²) in [5.74, 6) is -0.858. The summed E-state index contributed by atoms with van der Waals surface area (Å²) in [5, 5.41) is 3.03. The highest BCUT2D eigenvalue weighted by Crippen LogP contribution is 2.36. The zero-order valence-electron chi connectivity index (χ0n) is 16.3. The molecule has 1 aromatic heterocycles. The Morgan fingerprint density at radius 2 is 1.97 bits per heavy atom. The van der Waals surface area contributed by atoms with Gasteiger partial charge in [-0.15, -0.1) is 11.3 Å². The summed E-state index contributed by atoms with van der Waals surface area (Å²) >= 11 is 1.61. The summed E-state index contributed by atoms with van der Waals surface area (Å²) in [6, 6.07) is 11.3. The minimum absolute atomic E-state index is 0.276. The molecule has 2 aromatic carbocycles. The van der Waals surface area contributed by atoms with Crippen molar-refractivity contribution in [1.82, 2.24) is 9.88 Å². The fourth-order valence-corrected chi connectivity index (χ4v) is 4.34. The van der Waals surface area contributed by atoms with E-state index in [1.54, 1.807) is 29.5 Å². The van der Waals surface area contributed by atoms with Gasteiger partial charge in [0.15, 0.2) is 0 Å². The average Bonchev–Trinajstić information content (AvgIpc) is 3.13. The van der Waals surface area contributed by atoms with Gasteiger partial charge in [-0.05, 0) is 68.1 Å². The SMILES string of the molecule is CN(C)Cc1nc(C=CC2=Nc3ccc(F)cc3CC2c2ccccc2F)cs1. The maximum Gasteiger partial charge on any atom is 0.127 e. The normalized spacial score (nSPS) is 16.3. The molecule has 0 fully saturated rings. The average molecular weight is 410 g/mol. The van der Waals surface area contributed by atoms with Crippen LogP contribution < -0.4 is 0 Å². The lowest BCUT2D eigenvalue weighted by molar-refractivity contribution is 0.401. The standard InChI is InChI=1S/C23H21F2N3S/c1-28(2)13-23-26-17(14-29-23)8-10-22-19(18-5-3-4-6-20(18)25)12-15-11-16(24)7-9-21(15)27-22/h3-11,14,19H,12-13H2,1-2H3. The van der Waals surface area contributed by atoms with Crippen LogP contribution in [0.2, 0.25) is 0 Å². The lowest BCUT2D eigenvalue weighted by Crippen LogP contribution is -2.18. The van der Waals surface area contributed by atoms with E-state index in [0.29, 0.717) is 12.0 Å². The van der Waals surface area contributed by atoms with Crippen molar-refractivity contribution in [3.8, 4) is 0 Å². The fraction of sp³-hybridized carbons (Fsp3) is 0.217. The topological polar surface area (TPSA) is 28.5 Å². The van der Waals surface area contributed by atoms with Crippen molar-refractivity contribution in [1.29, 1.82) is 0 Å². The van der Waals surface area contributed by atoms with Crippen LogP contribution in [0.4, 0.5) is 14.5 Å². The van der Waals surface area contributed by atoms with Crippen LogP contribution in [0.25, 0.3) is 6.08 Å². The summed E-state index contributed by atoms with van der Waals surface area (Å²) < 4.78 is 28.2. The molecule has 0 aliphatic carbocycles. The predicted molar refractivity (Wildman–Crippen MR) is 115 cm³/mol. The van der Waals surface area contributed by atoms with Crippen molar-refractivity contribution in [2.75, 3.05) is 14.1 Å². The molecule has 1 aliphatic heterocycles. The number of allylic oxidation sites excluding steroid dienone is 1. The molecule has 0 amide bonds. The van der Waals surface area contributed by atoms with Gasteiger partial charge >= 0.3 is 0 Å². The van der Waals surface area contributed by atoms with Crippen LogP contribution >= 0.6 is 11.3 Å². The molecule has 3 aromatic rings. The monoisotopic (exact) mass is 409 g/mol. The quantitative estimate of drug-likeness (QED) is 0.548. The second kappa shape index (κ2) is 8.35. The van der Waals surface area contributed by atoms with E-state index in [1.165, 1.54) is 18.2 Å². The van der Waals surface area contributed by atoms with Gasteiger partial charge in [-0.25, -0.2) is 13.8 Å². The third-order valence-electron chi connectivity index (χ3n) is 4.80. The van der Waals surface area contributed by atoms with Crippen LogP contribution in [-0.4, -0.2) is 29.7 Å². The lowest BCUT2D eigenvalue weighted by atomic mass is 9.84. The molecule has 0 radical (unpaired) electrons. The van der Waals surface area contributed by atoms with E-state index in [9.17, 15) is 8.78 Å². The number of benzene rings is 2. The summed E-state index contributed by atoms with van der Waals surface area (Å²) in [7, 11) is 4.01. The number of aromatic nitrogens is 1. The van der Waals surface area contributed by atoms with E-state index in [-0.39, 0.29) is 17.6 Å². The molecule has 6 heteroatoms. The largest absolute Gasteiger partial charge is 0.303 e. The van der Waals surface area contributed by atoms with Gasteiger partial charge in [0.2, 0.25) is 0 Å². The third kappa shape index (κ3) is 4.49. The molecule has 0 bridgehead atoms. The second-order valence-electron chi connectivity index (χ2n) is 7.33. The Morgan fingerprint density at radius 3 is 2.76 bits per heavy atom. The lowest BCUT2D eigenvalue weighted by Gasteiger charge is -2.24. The number of fused-ring (bicyclic) bond motifs is 1. The van der Waals surface area contributed by atoms with Crippen molar-refractivity contribution in [2.24, 2.45) is 4.99 Å². The van der Waals surface area contributed by atoms with Gasteiger partial charge < -0.3 is 4.90 Å². The first-order valence-corrected chi connectivity index (χ1v) is 10.3. The molecule has 0 saturated carbocycles. The molecule has 1 aliphatic rings. The number of aliphatic imine (C=N–C) groups is 1. The minimum atomic E-state index is -0.305. The first-order chi connectivity index (χ1) is 14.0. The van der Waals surface area contributed by atoms with Crippen LogP contribution in [0.1, 0.15) is 27.7 Å². The molecule has 148 valence electrons. The van der Waals surface area contributed by atoms with Gasteiger partial charge in [0.25, 0.3) is 0 Å². The Kier molecular flexibility index (Phi) is 5.65. The number of nitrogens with zero attached hydrogens (tertiary/aromatic N) is 3. The van der Waals surface area contributed by atoms with E-state index in [1.807, 2.05) is 37.7 Å². The first-order valence-electron chi connectivity index (χ1n) is 9.38. The van der Waals surface area contributed by atoms with Crippen LogP contribution in [0.15, 0.2) is 58.9 Å². The van der Waals surface area contributed by atoms with E-state index in [4.69, 9.17) is 4.99 Å². The van der Waals surface area contributed by atoms with Crippen molar-refractivity contribution in [3.05, 3.63) is 87.4 Å². The predicted octanol–water partition coefficient (Wildman–Crippen LogP) is 5.61. The number of rotatable bonds is 5. The van der Waals surface area contributed by atoms with Gasteiger partial charge in [0.1, 0.15) is 16.6 Å². The molecule has 1 atom stereocenters. The molecular formula is C23H21F2N3S. The second-order valence-corrected chi connectivity index (χ2v) is 8.27. The molecule has 29 heavy (non-hydrogen) atoms. The molecule has 0 N–H and O–H groups in total. The highest BCUT2D eigenvalue weighted by Gasteiger charge is 2.25. The molecule has 2 heterocycles. The van der Waals surface area contributed by atoms with Crippen molar-refractivity contribution in [2.45, 2.75) is 18.9 Å². The van der Waals surface area contributed by atoms with Crippen LogP contribution in [-0.2, 0) is 13.0 Å². The Labute approximate surface area is 173 Å². The fourth-order valence-electron chi connectivity index (χ4n) is 3.46. The molecule has 4 rings (SSSR count). The van der Waals surface area contributed by atoms with Crippen LogP contribution in [0.5, 0.6) is 0 Å². The maximum absolute atomic E-state index is 14.5. The van der Waals surface area contributed by atoms with Crippen molar-refractivity contribution < 1.29 is 8.78 Å². The Bertz CT molecular complexity index is 1090. The number of hydrogen-bond acceptors (Lipinski definition) is 4. The van der Waals surface area contributed by atoms with Gasteiger partial charge in [0.05, 0.1) is 11.4 Å². The maximum atomic E-state index is 14.5. The van der Waals surface area contributed by atoms with Gasteiger partial charge in [-0.2, -0.15) is 0 Å². The van der Waals surface area contributed by atoms with Crippen LogP contribution in [0.3, 0.4) is 0 Å². The van der Waals surface area contributed by atoms with Crippen molar-refractivity contribution >= 4 is 28.8 Å². The Hall–Kier alpha value is -2.70. The Morgan fingerprint density at radius 1 is 1.14 bits per heavy atom. The van der Waals surface area contributed by atoms with Gasteiger partial charge in [0, 0.05) is 23.6 Å². The van der Waals surface area contributed by atoms with Crippen molar-refractivity contribution in [3.63, 3.8) is 0 Å². The first kappa shape index (κ1) is 19.6. The van der Waals surface area contributed by atoms with Gasteiger partial charge in [-0.1, -0.05) is 18.2 Å². The third-order valence-corrected chi connectivity index (χ3v) is 5.65. The number of halogens is 2. The highest BCUT2D eigenvalue weighted by atomic mass is 32.1.